The lowest BCUT2D eigenvalue weighted by Gasteiger charge is -2.25. The van der Waals surface area contributed by atoms with Crippen molar-refractivity contribution in [2.45, 2.75) is 5.54 Å². The van der Waals surface area contributed by atoms with Gasteiger partial charge in [-0.15, -0.1) is 0 Å². The van der Waals surface area contributed by atoms with E-state index in [1.165, 1.54) is 6.07 Å². The topological polar surface area (TPSA) is 72.6 Å². The van der Waals surface area contributed by atoms with Crippen LogP contribution < -0.4 is 0 Å². The first kappa shape index (κ1) is 21.2. The van der Waals surface area contributed by atoms with E-state index in [2.05, 4.69) is 4.99 Å². The van der Waals surface area contributed by atoms with Gasteiger partial charge in [0.05, 0.1) is 10.5 Å². The summed E-state index contributed by atoms with van der Waals surface area (Å²) in [6, 6.07) is 31.3. The summed E-state index contributed by atoms with van der Waals surface area (Å²) in [6.45, 7) is 0. The van der Waals surface area contributed by atoms with Crippen LogP contribution in [0.2, 0.25) is 0 Å². The number of nitro benzene ring substituents is 1. The average molecular weight is 444 g/mol. The van der Waals surface area contributed by atoms with E-state index in [4.69, 9.17) is 0 Å². The van der Waals surface area contributed by atoms with Gasteiger partial charge in [-0.25, -0.2) is 0 Å². The van der Waals surface area contributed by atoms with Crippen LogP contribution in [0.5, 0.6) is 0 Å². The number of hydrogen-bond donors (Lipinski definition) is 0. The predicted octanol–water partition coefficient (Wildman–Crippen LogP) is 6.38. The number of ketones is 1. The highest BCUT2D eigenvalue weighted by Gasteiger charge is 2.38. The number of hydrogen-bond acceptors (Lipinski definition) is 4. The van der Waals surface area contributed by atoms with Crippen LogP contribution in [0, 0.1) is 10.1 Å². The molecule has 1 aliphatic rings. The van der Waals surface area contributed by atoms with Gasteiger partial charge in [0.25, 0.3) is 5.69 Å². The highest BCUT2D eigenvalue weighted by atomic mass is 16.6. The zero-order valence-electron chi connectivity index (χ0n) is 18.2. The van der Waals surface area contributed by atoms with Crippen molar-refractivity contribution in [1.82, 2.24) is 0 Å². The Labute approximate surface area is 196 Å². The van der Waals surface area contributed by atoms with Crippen LogP contribution in [0.3, 0.4) is 0 Å². The summed E-state index contributed by atoms with van der Waals surface area (Å²) >= 11 is 0. The fourth-order valence-electron chi connectivity index (χ4n) is 4.31. The normalized spacial score (nSPS) is 16.5. The minimum Gasteiger partial charge on any atom is -0.289 e. The number of aliphatic imine (C=N–C) groups is 1. The van der Waals surface area contributed by atoms with Gasteiger partial charge in [-0.2, -0.15) is 0 Å². The third kappa shape index (κ3) is 3.73. The number of nitrogens with zero attached hydrogens (tertiary/aromatic N) is 2. The number of nitro groups is 1. The highest BCUT2D eigenvalue weighted by Crippen LogP contribution is 2.41. The lowest BCUT2D eigenvalue weighted by molar-refractivity contribution is -0.385. The van der Waals surface area contributed by atoms with Gasteiger partial charge >= 0.3 is 0 Å². The second-order valence-corrected chi connectivity index (χ2v) is 8.03. The van der Waals surface area contributed by atoms with Crippen molar-refractivity contribution in [1.29, 1.82) is 0 Å². The minimum absolute atomic E-state index is 0.00450. The largest absolute Gasteiger partial charge is 0.289 e. The van der Waals surface area contributed by atoms with Crippen molar-refractivity contribution < 1.29 is 9.72 Å². The Kier molecular flexibility index (Phi) is 5.44. The number of rotatable bonds is 6. The van der Waals surface area contributed by atoms with E-state index in [0.717, 1.165) is 16.7 Å². The summed E-state index contributed by atoms with van der Waals surface area (Å²) < 4.78 is 0. The summed E-state index contributed by atoms with van der Waals surface area (Å²) in [5.74, 6) is -0.0867. The number of carbonyl (C=O) groups is 1. The van der Waals surface area contributed by atoms with Crippen LogP contribution in [0.4, 0.5) is 5.69 Å². The zero-order chi connectivity index (χ0) is 23.5. The van der Waals surface area contributed by atoms with Crippen LogP contribution >= 0.6 is 0 Å². The standard InChI is InChI=1S/C29H20N2O3/c32-28(23-13-11-22(12-14-23)21-7-2-1-3-8-21)24-15-17-25(18-16-24)29(19-6-20-30-29)26-9-4-5-10-27(26)31(33)34/h1-20H. The molecule has 0 fully saturated rings. The highest BCUT2D eigenvalue weighted by molar-refractivity contribution is 6.09. The molecule has 5 nitrogen and oxygen atoms in total. The Morgan fingerprint density at radius 1 is 0.735 bits per heavy atom. The number of para-hydroxylation sites is 1. The van der Waals surface area contributed by atoms with Crippen LogP contribution in [0.1, 0.15) is 27.0 Å². The molecular formula is C29H20N2O3. The van der Waals surface area contributed by atoms with Gasteiger partial charge in [-0.3, -0.25) is 19.9 Å². The van der Waals surface area contributed by atoms with Crippen molar-refractivity contribution in [2.24, 2.45) is 4.99 Å². The van der Waals surface area contributed by atoms with Crippen molar-refractivity contribution >= 4 is 17.7 Å². The molecule has 1 heterocycles. The Bertz CT molecular complexity index is 1410. The lowest BCUT2D eigenvalue weighted by atomic mass is 9.82. The smallest absolute Gasteiger partial charge is 0.275 e. The fraction of sp³-hybridized carbons (Fsp3) is 0.0345. The van der Waals surface area contributed by atoms with Crippen LogP contribution in [-0.4, -0.2) is 16.9 Å². The van der Waals surface area contributed by atoms with E-state index in [-0.39, 0.29) is 11.5 Å². The first-order chi connectivity index (χ1) is 16.6. The Morgan fingerprint density at radius 3 is 1.94 bits per heavy atom. The van der Waals surface area contributed by atoms with Gasteiger partial charge in [0.1, 0.15) is 5.54 Å². The molecule has 1 atom stereocenters. The van der Waals surface area contributed by atoms with E-state index in [1.54, 1.807) is 42.6 Å². The van der Waals surface area contributed by atoms with Crippen molar-refractivity contribution in [2.75, 3.05) is 0 Å². The van der Waals surface area contributed by atoms with Crippen LogP contribution in [-0.2, 0) is 5.54 Å². The molecule has 0 spiro atoms. The molecule has 5 heteroatoms. The number of benzene rings is 4. The molecule has 0 saturated heterocycles. The maximum Gasteiger partial charge on any atom is 0.275 e. The lowest BCUT2D eigenvalue weighted by Crippen LogP contribution is -2.22. The summed E-state index contributed by atoms with van der Waals surface area (Å²) in [6.07, 6.45) is 5.27. The molecular weight excluding hydrogens is 424 g/mol. The zero-order valence-corrected chi connectivity index (χ0v) is 18.2. The number of carbonyl (C=O) groups excluding carboxylic acids is 1. The summed E-state index contributed by atoms with van der Waals surface area (Å²) in [4.78, 5) is 28.9. The predicted molar refractivity (Wildman–Crippen MR) is 133 cm³/mol. The molecule has 1 unspecified atom stereocenters. The molecule has 5 rings (SSSR count). The van der Waals surface area contributed by atoms with Gasteiger partial charge in [-0.05, 0) is 34.9 Å². The molecule has 0 amide bonds. The van der Waals surface area contributed by atoms with E-state index < -0.39 is 10.5 Å². The first-order valence-electron chi connectivity index (χ1n) is 10.9. The molecule has 0 N–H and O–H groups in total. The molecule has 0 radical (unpaired) electrons. The molecule has 0 bridgehead atoms. The summed E-state index contributed by atoms with van der Waals surface area (Å²) in [5, 5.41) is 11.7. The molecule has 0 aliphatic carbocycles. The quantitative estimate of drug-likeness (QED) is 0.197. The molecule has 0 aromatic heterocycles. The third-order valence-corrected chi connectivity index (χ3v) is 6.05. The van der Waals surface area contributed by atoms with Crippen molar-refractivity contribution in [3.8, 4) is 11.1 Å². The average Bonchev–Trinajstić information content (AvgIpc) is 3.40. The molecule has 1 aliphatic heterocycles. The van der Waals surface area contributed by atoms with Gasteiger partial charge in [-0.1, -0.05) is 91.0 Å². The monoisotopic (exact) mass is 444 g/mol. The van der Waals surface area contributed by atoms with E-state index in [1.807, 2.05) is 72.8 Å². The number of allylic oxidation sites excluding steroid dienone is 1. The van der Waals surface area contributed by atoms with E-state index in [0.29, 0.717) is 16.7 Å². The van der Waals surface area contributed by atoms with Crippen molar-refractivity contribution in [3.63, 3.8) is 0 Å². The fourth-order valence-corrected chi connectivity index (χ4v) is 4.31. The summed E-state index contributed by atoms with van der Waals surface area (Å²) in [7, 11) is 0. The Hall–Kier alpha value is -4.64. The Balaban J connectivity index is 1.45. The van der Waals surface area contributed by atoms with Crippen molar-refractivity contribution in [3.05, 3.63) is 148 Å². The molecule has 4 aromatic carbocycles. The maximum absolute atomic E-state index is 13.1. The molecule has 4 aromatic rings. The summed E-state index contributed by atoms with van der Waals surface area (Å²) in [5.41, 5.74) is 3.52. The third-order valence-electron chi connectivity index (χ3n) is 6.05. The van der Waals surface area contributed by atoms with Gasteiger partial charge in [0.15, 0.2) is 5.78 Å². The Morgan fingerprint density at radius 2 is 1.32 bits per heavy atom. The van der Waals surface area contributed by atoms with Gasteiger partial charge in [0.2, 0.25) is 0 Å². The SMILES string of the molecule is O=C(c1ccc(-c2ccccc2)cc1)c1ccc(C2(c3ccccc3[N+](=O)[O-])C=CC=N2)cc1. The minimum atomic E-state index is -0.997. The van der Waals surface area contributed by atoms with Crippen LogP contribution in [0.25, 0.3) is 11.1 Å². The molecule has 0 saturated carbocycles. The van der Waals surface area contributed by atoms with E-state index in [9.17, 15) is 14.9 Å². The van der Waals surface area contributed by atoms with Gasteiger partial charge < -0.3 is 0 Å². The van der Waals surface area contributed by atoms with E-state index >= 15 is 0 Å². The first-order valence-corrected chi connectivity index (χ1v) is 10.9. The molecule has 34 heavy (non-hydrogen) atoms. The molecule has 164 valence electrons. The van der Waals surface area contributed by atoms with Gasteiger partial charge in [0, 0.05) is 23.4 Å². The van der Waals surface area contributed by atoms with Crippen LogP contribution in [0.15, 0.2) is 120 Å². The second-order valence-electron chi connectivity index (χ2n) is 8.03. The second kappa shape index (κ2) is 8.71. The maximum atomic E-state index is 13.1.